The van der Waals surface area contributed by atoms with Gasteiger partial charge < -0.3 is 4.90 Å². The average molecular weight is 288 g/mol. The Morgan fingerprint density at radius 1 is 1.24 bits per heavy atom. The molecule has 1 aliphatic heterocycles. The summed E-state index contributed by atoms with van der Waals surface area (Å²) in [6, 6.07) is 10.9. The van der Waals surface area contributed by atoms with E-state index in [0.29, 0.717) is 12.6 Å². The van der Waals surface area contributed by atoms with Gasteiger partial charge in [0, 0.05) is 19.1 Å². The smallest absolute Gasteiger partial charge is 0.237 e. The summed E-state index contributed by atoms with van der Waals surface area (Å²) < 4.78 is 0. The van der Waals surface area contributed by atoms with Gasteiger partial charge in [0.2, 0.25) is 5.91 Å². The fourth-order valence-electron chi connectivity index (χ4n) is 3.18. The molecule has 3 heteroatoms. The summed E-state index contributed by atoms with van der Waals surface area (Å²) in [4.78, 5) is 16.9. The van der Waals surface area contributed by atoms with E-state index < -0.39 is 0 Å². The van der Waals surface area contributed by atoms with E-state index in [4.69, 9.17) is 0 Å². The lowest BCUT2D eigenvalue weighted by Gasteiger charge is -2.36. The third-order valence-corrected chi connectivity index (χ3v) is 4.51. The van der Waals surface area contributed by atoms with Crippen molar-refractivity contribution in [2.45, 2.75) is 52.1 Å². The van der Waals surface area contributed by atoms with Gasteiger partial charge in [0.25, 0.3) is 0 Å². The lowest BCUT2D eigenvalue weighted by Crippen LogP contribution is -2.46. The van der Waals surface area contributed by atoms with Crippen LogP contribution in [0.5, 0.6) is 0 Å². The number of benzene rings is 1. The molecule has 0 aromatic heterocycles. The Balaban J connectivity index is 1.93. The topological polar surface area (TPSA) is 23.6 Å². The number of amides is 1. The van der Waals surface area contributed by atoms with Gasteiger partial charge in [-0.25, -0.2) is 0 Å². The average Bonchev–Trinajstić information content (AvgIpc) is 2.54. The molecule has 1 fully saturated rings. The summed E-state index contributed by atoms with van der Waals surface area (Å²) in [6.45, 7) is 7.45. The van der Waals surface area contributed by atoms with Gasteiger partial charge in [0.15, 0.2) is 0 Å². The first-order valence-corrected chi connectivity index (χ1v) is 8.30. The maximum atomic E-state index is 12.6. The summed E-state index contributed by atoms with van der Waals surface area (Å²) in [7, 11) is 0. The second-order valence-corrected chi connectivity index (χ2v) is 5.92. The monoisotopic (exact) mass is 288 g/mol. The number of nitrogens with zero attached hydrogens (tertiary/aromatic N) is 2. The number of hydrogen-bond acceptors (Lipinski definition) is 2. The molecule has 1 amide bonds. The summed E-state index contributed by atoms with van der Waals surface area (Å²) in [5.41, 5.74) is 1.21. The molecule has 0 bridgehead atoms. The third kappa shape index (κ3) is 4.57. The van der Waals surface area contributed by atoms with Crippen LogP contribution in [-0.2, 0) is 11.3 Å². The van der Waals surface area contributed by atoms with Crippen LogP contribution >= 0.6 is 0 Å². The molecule has 0 aliphatic carbocycles. The van der Waals surface area contributed by atoms with E-state index >= 15 is 0 Å². The van der Waals surface area contributed by atoms with Gasteiger partial charge in [-0.1, -0.05) is 43.7 Å². The van der Waals surface area contributed by atoms with Crippen LogP contribution in [0.4, 0.5) is 0 Å². The third-order valence-electron chi connectivity index (χ3n) is 4.51. The number of likely N-dealkylation sites (N-methyl/N-ethyl adjacent to an activating group) is 1. The first-order valence-electron chi connectivity index (χ1n) is 8.30. The van der Waals surface area contributed by atoms with Crippen molar-refractivity contribution in [2.24, 2.45) is 0 Å². The van der Waals surface area contributed by atoms with Crippen LogP contribution in [0.15, 0.2) is 30.3 Å². The van der Waals surface area contributed by atoms with Crippen LogP contribution in [0.1, 0.15) is 45.1 Å². The number of carbonyl (C=O) groups excluding carboxylic acids is 1. The Bertz CT molecular complexity index is 432. The highest BCUT2D eigenvalue weighted by Crippen LogP contribution is 2.19. The van der Waals surface area contributed by atoms with Crippen molar-refractivity contribution in [1.82, 2.24) is 9.80 Å². The zero-order chi connectivity index (χ0) is 15.1. The van der Waals surface area contributed by atoms with E-state index in [1.165, 1.54) is 24.8 Å². The Kier molecular flexibility index (Phi) is 6.24. The fourth-order valence-corrected chi connectivity index (χ4v) is 3.18. The van der Waals surface area contributed by atoms with Gasteiger partial charge in [-0.15, -0.1) is 0 Å². The maximum Gasteiger partial charge on any atom is 0.237 e. The SMILES string of the molecule is CCC1CCCCN1CC(=O)N(CC)Cc1ccccc1. The molecule has 1 aromatic rings. The molecule has 0 saturated carbocycles. The molecule has 2 rings (SSSR count). The molecule has 1 unspecified atom stereocenters. The Morgan fingerprint density at radius 2 is 2.00 bits per heavy atom. The normalized spacial score (nSPS) is 19.4. The van der Waals surface area contributed by atoms with Gasteiger partial charge in [0.05, 0.1) is 6.54 Å². The number of piperidine rings is 1. The number of carbonyl (C=O) groups is 1. The number of likely N-dealkylation sites (tertiary alicyclic amines) is 1. The van der Waals surface area contributed by atoms with E-state index in [0.717, 1.165) is 26.1 Å². The highest BCUT2D eigenvalue weighted by atomic mass is 16.2. The van der Waals surface area contributed by atoms with Crippen molar-refractivity contribution in [3.8, 4) is 0 Å². The molecule has 0 N–H and O–H groups in total. The number of hydrogen-bond donors (Lipinski definition) is 0. The van der Waals surface area contributed by atoms with Crippen LogP contribution < -0.4 is 0 Å². The van der Waals surface area contributed by atoms with Crippen molar-refractivity contribution in [2.75, 3.05) is 19.6 Å². The predicted molar refractivity (Wildman–Crippen MR) is 87.0 cm³/mol. The lowest BCUT2D eigenvalue weighted by atomic mass is 10.00. The first kappa shape index (κ1) is 16.0. The van der Waals surface area contributed by atoms with Gasteiger partial charge in [0.1, 0.15) is 0 Å². The molecule has 1 aliphatic rings. The largest absolute Gasteiger partial charge is 0.338 e. The second-order valence-electron chi connectivity index (χ2n) is 5.92. The van der Waals surface area contributed by atoms with Gasteiger partial charge in [-0.2, -0.15) is 0 Å². The predicted octanol–water partition coefficient (Wildman–Crippen LogP) is 3.30. The first-order chi connectivity index (χ1) is 10.2. The van der Waals surface area contributed by atoms with Crippen LogP contribution in [-0.4, -0.2) is 41.4 Å². The van der Waals surface area contributed by atoms with E-state index in [2.05, 4.69) is 30.9 Å². The molecule has 1 atom stereocenters. The van der Waals surface area contributed by atoms with E-state index in [9.17, 15) is 4.79 Å². The molecular weight excluding hydrogens is 260 g/mol. The van der Waals surface area contributed by atoms with Crippen LogP contribution in [0, 0.1) is 0 Å². The van der Waals surface area contributed by atoms with Crippen molar-refractivity contribution in [3.63, 3.8) is 0 Å². The maximum absolute atomic E-state index is 12.6. The van der Waals surface area contributed by atoms with Gasteiger partial charge in [-0.3, -0.25) is 9.69 Å². The van der Waals surface area contributed by atoms with E-state index in [-0.39, 0.29) is 5.91 Å². The quantitative estimate of drug-likeness (QED) is 0.802. The molecule has 1 aromatic carbocycles. The Hall–Kier alpha value is -1.35. The highest BCUT2D eigenvalue weighted by Gasteiger charge is 2.24. The van der Waals surface area contributed by atoms with Crippen LogP contribution in [0.2, 0.25) is 0 Å². The molecule has 21 heavy (non-hydrogen) atoms. The van der Waals surface area contributed by atoms with E-state index in [1.54, 1.807) is 0 Å². The van der Waals surface area contributed by atoms with Gasteiger partial charge >= 0.3 is 0 Å². The molecule has 1 heterocycles. The standard InChI is InChI=1S/C18H28N2O/c1-3-17-12-8-9-13-20(17)15-18(21)19(4-2)14-16-10-6-5-7-11-16/h5-7,10-11,17H,3-4,8-9,12-15H2,1-2H3. The zero-order valence-electron chi connectivity index (χ0n) is 13.4. The minimum Gasteiger partial charge on any atom is -0.338 e. The minimum atomic E-state index is 0.265. The minimum absolute atomic E-state index is 0.265. The van der Waals surface area contributed by atoms with Crippen molar-refractivity contribution in [1.29, 1.82) is 0 Å². The highest BCUT2D eigenvalue weighted by molar-refractivity contribution is 5.78. The van der Waals surface area contributed by atoms with Gasteiger partial charge in [-0.05, 0) is 38.3 Å². The molecule has 0 spiro atoms. The van der Waals surface area contributed by atoms with Crippen LogP contribution in [0.25, 0.3) is 0 Å². The van der Waals surface area contributed by atoms with Crippen molar-refractivity contribution >= 4 is 5.91 Å². The Morgan fingerprint density at radius 3 is 2.67 bits per heavy atom. The second kappa shape index (κ2) is 8.18. The molecule has 0 radical (unpaired) electrons. The number of rotatable bonds is 6. The fraction of sp³-hybridized carbons (Fsp3) is 0.611. The summed E-state index contributed by atoms with van der Waals surface area (Å²) in [6.07, 6.45) is 4.94. The molecule has 3 nitrogen and oxygen atoms in total. The zero-order valence-corrected chi connectivity index (χ0v) is 13.4. The summed E-state index contributed by atoms with van der Waals surface area (Å²) in [5, 5.41) is 0. The van der Waals surface area contributed by atoms with Crippen molar-refractivity contribution < 1.29 is 4.79 Å². The lowest BCUT2D eigenvalue weighted by molar-refractivity contribution is -0.133. The molecule has 1 saturated heterocycles. The molecular formula is C18H28N2O. The van der Waals surface area contributed by atoms with Crippen molar-refractivity contribution in [3.05, 3.63) is 35.9 Å². The summed E-state index contributed by atoms with van der Waals surface area (Å²) in [5.74, 6) is 0.265. The van der Waals surface area contributed by atoms with Crippen LogP contribution in [0.3, 0.4) is 0 Å². The summed E-state index contributed by atoms with van der Waals surface area (Å²) >= 11 is 0. The van der Waals surface area contributed by atoms with E-state index in [1.807, 2.05) is 23.1 Å². The Labute approximate surface area is 128 Å². The molecule has 116 valence electrons.